The third-order valence-corrected chi connectivity index (χ3v) is 3.85. The van der Waals surface area contributed by atoms with Crippen molar-refractivity contribution in [1.29, 1.82) is 0 Å². The molecule has 0 N–H and O–H groups in total. The van der Waals surface area contributed by atoms with E-state index in [4.69, 9.17) is 4.98 Å². The van der Waals surface area contributed by atoms with Crippen molar-refractivity contribution in [1.82, 2.24) is 29.6 Å². The molecule has 4 aromatic rings. The second-order valence-electron chi connectivity index (χ2n) is 5.71. The lowest BCUT2D eigenvalue weighted by Gasteiger charge is -2.19. The van der Waals surface area contributed by atoms with E-state index in [-0.39, 0.29) is 0 Å². The van der Waals surface area contributed by atoms with E-state index in [1.165, 1.54) is 0 Å². The number of hydrogen-bond acceptors (Lipinski definition) is 5. The minimum Gasteiger partial charge on any atom is -0.353 e. The highest BCUT2D eigenvalue weighted by Crippen LogP contribution is 2.24. The summed E-state index contributed by atoms with van der Waals surface area (Å²) in [7, 11) is 3.88. The lowest BCUT2D eigenvalue weighted by atomic mass is 10.1. The van der Waals surface area contributed by atoms with E-state index in [1.54, 1.807) is 10.9 Å². The fourth-order valence-electron chi connectivity index (χ4n) is 2.72. The summed E-state index contributed by atoms with van der Waals surface area (Å²) >= 11 is 0. The monoisotopic (exact) mass is 319 g/mol. The lowest BCUT2D eigenvalue weighted by molar-refractivity contribution is 0.712. The van der Waals surface area contributed by atoms with E-state index in [1.807, 2.05) is 55.1 Å². The first kappa shape index (κ1) is 14.4. The molecule has 0 saturated carbocycles. The van der Waals surface area contributed by atoms with E-state index in [0.29, 0.717) is 6.54 Å². The normalized spacial score (nSPS) is 11.1. The van der Waals surface area contributed by atoms with Gasteiger partial charge in [-0.25, -0.2) is 4.98 Å². The maximum atomic E-state index is 4.70. The zero-order chi connectivity index (χ0) is 16.5. The molecule has 0 saturated heterocycles. The van der Waals surface area contributed by atoms with Crippen LogP contribution < -0.4 is 4.90 Å². The van der Waals surface area contributed by atoms with Crippen LogP contribution in [-0.2, 0) is 13.6 Å². The Balaban J connectivity index is 1.77. The fraction of sp³-hybridized carbons (Fsp3) is 0.176. The highest BCUT2D eigenvalue weighted by molar-refractivity contribution is 5.66. The Morgan fingerprint density at radius 3 is 2.71 bits per heavy atom. The van der Waals surface area contributed by atoms with Crippen molar-refractivity contribution < 1.29 is 0 Å². The molecule has 0 unspecified atom stereocenters. The van der Waals surface area contributed by atoms with Crippen LogP contribution in [0.15, 0.2) is 54.9 Å². The number of nitrogens with zero attached hydrogens (tertiary/aromatic N) is 7. The number of anilines is 1. The summed E-state index contributed by atoms with van der Waals surface area (Å²) < 4.78 is 3.54. The highest BCUT2D eigenvalue weighted by atomic mass is 15.4. The molecule has 0 amide bonds. The summed E-state index contributed by atoms with van der Waals surface area (Å²) in [5.41, 5.74) is 3.72. The standard InChI is InChI=1S/C17H17N7/c1-22(11-14-12-23(2)21-20-14)17-10-15(13-6-4-3-5-7-13)19-16-8-9-18-24(16)17/h3-10,12H,11H2,1-2H3. The zero-order valence-electron chi connectivity index (χ0n) is 13.5. The first-order valence-electron chi connectivity index (χ1n) is 7.67. The average molecular weight is 319 g/mol. The van der Waals surface area contributed by atoms with Crippen molar-refractivity contribution in [2.45, 2.75) is 6.54 Å². The van der Waals surface area contributed by atoms with Gasteiger partial charge in [-0.15, -0.1) is 5.10 Å². The van der Waals surface area contributed by atoms with Crippen molar-refractivity contribution in [3.8, 4) is 11.3 Å². The van der Waals surface area contributed by atoms with Gasteiger partial charge in [0, 0.05) is 38.0 Å². The fourth-order valence-corrected chi connectivity index (χ4v) is 2.72. The lowest BCUT2D eigenvalue weighted by Crippen LogP contribution is -2.20. The van der Waals surface area contributed by atoms with Gasteiger partial charge in [-0.1, -0.05) is 35.5 Å². The van der Waals surface area contributed by atoms with Crippen LogP contribution in [0.2, 0.25) is 0 Å². The van der Waals surface area contributed by atoms with Crippen LogP contribution in [0.1, 0.15) is 5.69 Å². The molecule has 7 heteroatoms. The Hall–Kier alpha value is -3.22. The first-order chi connectivity index (χ1) is 11.7. The zero-order valence-corrected chi connectivity index (χ0v) is 13.5. The molecule has 120 valence electrons. The summed E-state index contributed by atoms with van der Waals surface area (Å²) in [5.74, 6) is 0.953. The largest absolute Gasteiger partial charge is 0.353 e. The van der Waals surface area contributed by atoms with Crippen molar-refractivity contribution in [3.63, 3.8) is 0 Å². The summed E-state index contributed by atoms with van der Waals surface area (Å²) in [6.07, 6.45) is 3.67. The SMILES string of the molecule is CN(Cc1cn(C)nn1)c1cc(-c2ccccc2)nc2ccnn12. The topological polar surface area (TPSA) is 64.1 Å². The number of fused-ring (bicyclic) bond motifs is 1. The van der Waals surface area contributed by atoms with Gasteiger partial charge in [-0.3, -0.25) is 4.68 Å². The molecule has 0 spiro atoms. The molecular weight excluding hydrogens is 302 g/mol. The quantitative estimate of drug-likeness (QED) is 0.577. The van der Waals surface area contributed by atoms with Gasteiger partial charge in [0.15, 0.2) is 5.65 Å². The van der Waals surface area contributed by atoms with Crippen LogP contribution in [0.25, 0.3) is 16.9 Å². The van der Waals surface area contributed by atoms with Gasteiger partial charge >= 0.3 is 0 Å². The van der Waals surface area contributed by atoms with E-state index in [0.717, 1.165) is 28.4 Å². The predicted molar refractivity (Wildman–Crippen MR) is 91.5 cm³/mol. The van der Waals surface area contributed by atoms with Crippen LogP contribution >= 0.6 is 0 Å². The minimum absolute atomic E-state index is 0.640. The minimum atomic E-state index is 0.640. The maximum absolute atomic E-state index is 4.70. The molecule has 3 heterocycles. The van der Waals surface area contributed by atoms with Crippen molar-refractivity contribution in [2.75, 3.05) is 11.9 Å². The summed E-state index contributed by atoms with van der Waals surface area (Å²) in [6, 6.07) is 14.1. The van der Waals surface area contributed by atoms with E-state index in [9.17, 15) is 0 Å². The van der Waals surface area contributed by atoms with E-state index in [2.05, 4.69) is 32.4 Å². The predicted octanol–water partition coefficient (Wildman–Crippen LogP) is 2.16. The third-order valence-electron chi connectivity index (χ3n) is 3.85. The Labute approximate surface area is 139 Å². The molecule has 4 rings (SSSR count). The average Bonchev–Trinajstić information content (AvgIpc) is 3.23. The summed E-state index contributed by atoms with van der Waals surface area (Å²) in [4.78, 5) is 6.80. The molecule has 0 radical (unpaired) electrons. The van der Waals surface area contributed by atoms with Crippen LogP contribution in [0.4, 0.5) is 5.82 Å². The maximum Gasteiger partial charge on any atom is 0.157 e. The molecule has 3 aromatic heterocycles. The molecule has 0 fully saturated rings. The number of aryl methyl sites for hydroxylation is 1. The Morgan fingerprint density at radius 1 is 1.12 bits per heavy atom. The van der Waals surface area contributed by atoms with E-state index >= 15 is 0 Å². The highest BCUT2D eigenvalue weighted by Gasteiger charge is 2.13. The second-order valence-corrected chi connectivity index (χ2v) is 5.71. The number of hydrogen-bond donors (Lipinski definition) is 0. The van der Waals surface area contributed by atoms with Gasteiger partial charge in [-0.05, 0) is 0 Å². The molecule has 0 aliphatic heterocycles. The van der Waals surface area contributed by atoms with Gasteiger partial charge in [0.1, 0.15) is 11.5 Å². The van der Waals surface area contributed by atoms with Crippen LogP contribution in [-0.4, -0.2) is 36.6 Å². The van der Waals surface area contributed by atoms with Crippen molar-refractivity contribution >= 4 is 11.5 Å². The van der Waals surface area contributed by atoms with Gasteiger partial charge in [0.25, 0.3) is 0 Å². The molecule has 0 atom stereocenters. The van der Waals surface area contributed by atoms with Crippen molar-refractivity contribution in [2.24, 2.45) is 7.05 Å². The Morgan fingerprint density at radius 2 is 1.96 bits per heavy atom. The van der Waals surface area contributed by atoms with Gasteiger partial charge in [0.05, 0.1) is 18.4 Å². The van der Waals surface area contributed by atoms with Gasteiger partial charge in [0.2, 0.25) is 0 Å². The Bertz CT molecular complexity index is 971. The third kappa shape index (κ3) is 2.60. The van der Waals surface area contributed by atoms with E-state index < -0.39 is 0 Å². The van der Waals surface area contributed by atoms with Crippen molar-refractivity contribution in [3.05, 3.63) is 60.6 Å². The smallest absolute Gasteiger partial charge is 0.157 e. The molecular formula is C17H17N7. The van der Waals surface area contributed by atoms with Crippen LogP contribution in [0, 0.1) is 0 Å². The number of aromatic nitrogens is 6. The first-order valence-corrected chi connectivity index (χ1v) is 7.67. The molecule has 0 bridgehead atoms. The molecule has 0 aliphatic rings. The number of rotatable bonds is 4. The summed E-state index contributed by atoms with van der Waals surface area (Å²) in [5, 5.41) is 12.5. The molecule has 0 aliphatic carbocycles. The molecule has 1 aromatic carbocycles. The molecule has 7 nitrogen and oxygen atoms in total. The molecule has 24 heavy (non-hydrogen) atoms. The Kier molecular flexibility index (Phi) is 3.45. The number of benzene rings is 1. The van der Waals surface area contributed by atoms with Gasteiger partial charge in [-0.2, -0.15) is 9.61 Å². The summed E-state index contributed by atoms with van der Waals surface area (Å²) in [6.45, 7) is 0.640. The van der Waals surface area contributed by atoms with Crippen LogP contribution in [0.3, 0.4) is 0 Å². The second kappa shape index (κ2) is 5.77. The van der Waals surface area contributed by atoms with Gasteiger partial charge < -0.3 is 4.90 Å². The van der Waals surface area contributed by atoms with Crippen LogP contribution in [0.5, 0.6) is 0 Å².